The third kappa shape index (κ3) is 8.04. The molecule has 198 valence electrons. The van der Waals surface area contributed by atoms with Crippen molar-refractivity contribution in [1.29, 1.82) is 0 Å². The summed E-state index contributed by atoms with van der Waals surface area (Å²) in [6.45, 7) is 3.12. The first kappa shape index (κ1) is 28.8. The van der Waals surface area contributed by atoms with Gasteiger partial charge in [-0.2, -0.15) is 0 Å². The number of aliphatic hydroxyl groups is 1. The standard InChI is InChI=1S/C24H36N6O6/c1-13(26)21(32)30-20(14(2)31)23(34)28-18(9-5-6-10-25)22(33)29-19(24(35)36)11-15-12-27-17-8-4-3-7-16(15)17/h3-4,7-8,12-14,18-20,27,31H,5-6,9-11,25-26H2,1-2H3,(H,28,34)(H,29,33)(H,30,32)(H,35,36). The van der Waals surface area contributed by atoms with E-state index in [4.69, 9.17) is 11.5 Å². The van der Waals surface area contributed by atoms with Crippen LogP contribution in [0.3, 0.4) is 0 Å². The summed E-state index contributed by atoms with van der Waals surface area (Å²) < 4.78 is 0. The van der Waals surface area contributed by atoms with Gasteiger partial charge in [-0.15, -0.1) is 0 Å². The molecule has 0 aliphatic carbocycles. The highest BCUT2D eigenvalue weighted by Gasteiger charge is 2.32. The smallest absolute Gasteiger partial charge is 0.326 e. The van der Waals surface area contributed by atoms with Gasteiger partial charge in [0.05, 0.1) is 12.1 Å². The molecule has 0 radical (unpaired) electrons. The van der Waals surface area contributed by atoms with Gasteiger partial charge < -0.3 is 42.6 Å². The van der Waals surface area contributed by atoms with Gasteiger partial charge in [-0.25, -0.2) is 4.79 Å². The predicted octanol–water partition coefficient (Wildman–Crippen LogP) is -0.894. The van der Waals surface area contributed by atoms with Crippen LogP contribution in [-0.2, 0) is 25.6 Å². The Morgan fingerprint density at radius 2 is 1.64 bits per heavy atom. The zero-order chi connectivity index (χ0) is 26.8. The lowest BCUT2D eigenvalue weighted by molar-refractivity contribution is -0.142. The maximum atomic E-state index is 13.1. The van der Waals surface area contributed by atoms with Crippen molar-refractivity contribution in [3.05, 3.63) is 36.0 Å². The molecule has 5 unspecified atom stereocenters. The van der Waals surface area contributed by atoms with Crippen molar-refractivity contribution < 1.29 is 29.4 Å². The molecule has 36 heavy (non-hydrogen) atoms. The molecule has 0 aliphatic rings. The van der Waals surface area contributed by atoms with Crippen molar-refractivity contribution in [1.82, 2.24) is 20.9 Å². The number of nitrogens with one attached hydrogen (secondary N) is 4. The molecule has 1 aromatic heterocycles. The first-order chi connectivity index (χ1) is 17.0. The molecule has 12 heteroatoms. The number of carbonyl (C=O) groups excluding carboxylic acids is 3. The van der Waals surface area contributed by atoms with Gasteiger partial charge in [0.2, 0.25) is 17.7 Å². The van der Waals surface area contributed by atoms with Crippen molar-refractivity contribution in [2.24, 2.45) is 11.5 Å². The highest BCUT2D eigenvalue weighted by Crippen LogP contribution is 2.19. The monoisotopic (exact) mass is 504 g/mol. The topological polar surface area (TPSA) is 213 Å². The lowest BCUT2D eigenvalue weighted by Crippen LogP contribution is -2.59. The zero-order valence-electron chi connectivity index (χ0n) is 20.5. The quantitative estimate of drug-likeness (QED) is 0.151. The SMILES string of the molecule is CC(N)C(=O)NC(C(=O)NC(CCCCN)C(=O)NC(Cc1c[nH]c2ccccc12)C(=O)O)C(C)O. The van der Waals surface area contributed by atoms with Crippen molar-refractivity contribution >= 4 is 34.6 Å². The molecule has 0 spiro atoms. The molecule has 5 atom stereocenters. The number of fused-ring (bicyclic) bond motifs is 1. The van der Waals surface area contributed by atoms with Gasteiger partial charge in [0.25, 0.3) is 0 Å². The molecular weight excluding hydrogens is 468 g/mol. The van der Waals surface area contributed by atoms with Gasteiger partial charge in [-0.05, 0) is 51.3 Å². The average Bonchev–Trinajstić information content (AvgIpc) is 3.23. The first-order valence-corrected chi connectivity index (χ1v) is 11.9. The van der Waals surface area contributed by atoms with Gasteiger partial charge in [-0.1, -0.05) is 18.2 Å². The van der Waals surface area contributed by atoms with Crippen LogP contribution in [0.5, 0.6) is 0 Å². The summed E-state index contributed by atoms with van der Waals surface area (Å²) in [4.78, 5) is 53.0. The molecule has 10 N–H and O–H groups in total. The first-order valence-electron chi connectivity index (χ1n) is 11.9. The Balaban J connectivity index is 2.17. The molecule has 0 fully saturated rings. The average molecular weight is 505 g/mol. The largest absolute Gasteiger partial charge is 0.480 e. The normalized spacial score (nSPS) is 15.4. The van der Waals surface area contributed by atoms with E-state index in [1.165, 1.54) is 13.8 Å². The van der Waals surface area contributed by atoms with Crippen LogP contribution in [0.2, 0.25) is 0 Å². The minimum absolute atomic E-state index is 0.0231. The number of H-pyrrole nitrogens is 1. The van der Waals surface area contributed by atoms with E-state index in [1.54, 1.807) is 6.20 Å². The number of carboxylic acid groups (broad SMARTS) is 1. The van der Waals surface area contributed by atoms with Crippen molar-refractivity contribution in [3.8, 4) is 0 Å². The van der Waals surface area contributed by atoms with Crippen molar-refractivity contribution in [3.63, 3.8) is 0 Å². The predicted molar refractivity (Wildman–Crippen MR) is 134 cm³/mol. The summed E-state index contributed by atoms with van der Waals surface area (Å²) in [5, 5.41) is 28.0. The Kier molecular flexibility index (Phi) is 10.8. The number of para-hydroxylation sites is 1. The second-order valence-electron chi connectivity index (χ2n) is 8.82. The number of unbranched alkanes of at least 4 members (excludes halogenated alkanes) is 1. The number of aromatic amines is 1. The van der Waals surface area contributed by atoms with E-state index in [-0.39, 0.29) is 12.8 Å². The van der Waals surface area contributed by atoms with Gasteiger partial charge in [-0.3, -0.25) is 14.4 Å². The number of carboxylic acids is 1. The Morgan fingerprint density at radius 1 is 0.972 bits per heavy atom. The van der Waals surface area contributed by atoms with Gasteiger partial charge in [0.15, 0.2) is 0 Å². The molecule has 2 aromatic rings. The Labute approximate surface area is 209 Å². The number of aliphatic hydroxyl groups excluding tert-OH is 1. The minimum Gasteiger partial charge on any atom is -0.480 e. The highest BCUT2D eigenvalue weighted by atomic mass is 16.4. The number of rotatable bonds is 14. The number of aliphatic carboxylic acids is 1. The van der Waals surface area contributed by atoms with Gasteiger partial charge >= 0.3 is 5.97 Å². The van der Waals surface area contributed by atoms with Gasteiger partial charge in [0.1, 0.15) is 18.1 Å². The van der Waals surface area contributed by atoms with E-state index in [1.807, 2.05) is 24.3 Å². The van der Waals surface area contributed by atoms with Crippen LogP contribution in [0.4, 0.5) is 0 Å². The van der Waals surface area contributed by atoms with Crippen molar-refractivity contribution in [2.75, 3.05) is 6.54 Å². The van der Waals surface area contributed by atoms with E-state index in [2.05, 4.69) is 20.9 Å². The minimum atomic E-state index is -1.35. The number of hydrogen-bond donors (Lipinski definition) is 8. The lowest BCUT2D eigenvalue weighted by atomic mass is 10.0. The van der Waals surface area contributed by atoms with Gasteiger partial charge in [0, 0.05) is 23.5 Å². The molecule has 0 saturated carbocycles. The summed E-state index contributed by atoms with van der Waals surface area (Å²) in [5.41, 5.74) is 12.6. The van der Waals surface area contributed by atoms with E-state index >= 15 is 0 Å². The maximum Gasteiger partial charge on any atom is 0.326 e. The van der Waals surface area contributed by atoms with Crippen LogP contribution in [-0.4, -0.2) is 75.7 Å². The fraction of sp³-hybridized carbons (Fsp3) is 0.500. The second-order valence-corrected chi connectivity index (χ2v) is 8.82. The number of aromatic nitrogens is 1. The molecule has 1 aromatic carbocycles. The van der Waals surface area contributed by atoms with Crippen LogP contribution in [0.25, 0.3) is 10.9 Å². The highest BCUT2D eigenvalue weighted by molar-refractivity contribution is 5.94. The third-order valence-electron chi connectivity index (χ3n) is 5.77. The molecule has 2 rings (SSSR count). The van der Waals surface area contributed by atoms with Crippen LogP contribution in [0.15, 0.2) is 30.5 Å². The maximum absolute atomic E-state index is 13.1. The van der Waals surface area contributed by atoms with E-state index in [0.29, 0.717) is 19.4 Å². The molecule has 12 nitrogen and oxygen atoms in total. The molecule has 1 heterocycles. The number of nitrogens with two attached hydrogens (primary N) is 2. The van der Waals surface area contributed by atoms with E-state index < -0.39 is 54.0 Å². The van der Waals surface area contributed by atoms with Crippen LogP contribution < -0.4 is 27.4 Å². The Bertz CT molecular complexity index is 1050. The summed E-state index contributed by atoms with van der Waals surface area (Å²) in [6, 6.07) is 2.77. The molecule has 0 bridgehead atoms. The number of hydrogen-bond acceptors (Lipinski definition) is 7. The molecule has 0 saturated heterocycles. The van der Waals surface area contributed by atoms with E-state index in [9.17, 15) is 29.4 Å². The summed E-state index contributed by atoms with van der Waals surface area (Å²) in [7, 11) is 0. The molecular formula is C24H36N6O6. The molecule has 0 aliphatic heterocycles. The summed E-state index contributed by atoms with van der Waals surface area (Å²) >= 11 is 0. The Hall–Kier alpha value is -3.48. The summed E-state index contributed by atoms with van der Waals surface area (Å²) in [6.07, 6.45) is 1.70. The lowest BCUT2D eigenvalue weighted by Gasteiger charge is -2.26. The van der Waals surface area contributed by atoms with Crippen molar-refractivity contribution in [2.45, 2.75) is 69.8 Å². The fourth-order valence-corrected chi connectivity index (χ4v) is 3.71. The van der Waals surface area contributed by atoms with E-state index in [0.717, 1.165) is 16.5 Å². The van der Waals surface area contributed by atoms with Crippen LogP contribution in [0, 0.1) is 0 Å². The fourth-order valence-electron chi connectivity index (χ4n) is 3.71. The third-order valence-corrected chi connectivity index (χ3v) is 5.77. The second kappa shape index (κ2) is 13.6. The molecule has 3 amide bonds. The Morgan fingerprint density at radius 3 is 2.25 bits per heavy atom. The number of carbonyl (C=O) groups is 4. The van der Waals surface area contributed by atoms with Crippen LogP contribution >= 0.6 is 0 Å². The zero-order valence-corrected chi connectivity index (χ0v) is 20.5. The number of benzene rings is 1. The van der Waals surface area contributed by atoms with Crippen LogP contribution in [0.1, 0.15) is 38.7 Å². The summed E-state index contributed by atoms with van der Waals surface area (Å²) in [5.74, 6) is -3.37. The number of amides is 3.